The van der Waals surface area contributed by atoms with E-state index in [1.807, 2.05) is 13.0 Å². The number of rotatable bonds is 8. The predicted octanol–water partition coefficient (Wildman–Crippen LogP) is 1.62. The SMILES string of the molecule is COc1ccc(C)cc1C(=O)NCCNS(=O)(=O)c1cccc([N+](=O)[O-])c1. The molecule has 0 aliphatic heterocycles. The molecule has 1 amide bonds. The molecule has 0 aromatic heterocycles. The molecule has 144 valence electrons. The van der Waals surface area contributed by atoms with Gasteiger partial charge in [-0.05, 0) is 25.1 Å². The number of aryl methyl sites for hydroxylation is 1. The lowest BCUT2D eigenvalue weighted by molar-refractivity contribution is -0.385. The Hall–Kier alpha value is -2.98. The molecule has 2 rings (SSSR count). The fourth-order valence-electron chi connectivity index (χ4n) is 2.30. The number of carbonyl (C=O) groups excluding carboxylic acids is 1. The first-order chi connectivity index (χ1) is 12.7. The van der Waals surface area contributed by atoms with Crippen molar-refractivity contribution in [1.29, 1.82) is 0 Å². The summed E-state index contributed by atoms with van der Waals surface area (Å²) >= 11 is 0. The smallest absolute Gasteiger partial charge is 0.270 e. The van der Waals surface area contributed by atoms with Crippen LogP contribution in [-0.2, 0) is 10.0 Å². The van der Waals surface area contributed by atoms with Crippen molar-refractivity contribution in [2.24, 2.45) is 0 Å². The zero-order valence-electron chi connectivity index (χ0n) is 14.8. The van der Waals surface area contributed by atoms with Crippen molar-refractivity contribution in [3.8, 4) is 5.75 Å². The third-order valence-electron chi connectivity index (χ3n) is 3.64. The number of hydrogen-bond donors (Lipinski definition) is 2. The molecule has 2 aromatic rings. The summed E-state index contributed by atoms with van der Waals surface area (Å²) < 4.78 is 31.8. The maximum atomic E-state index is 12.2. The van der Waals surface area contributed by atoms with Crippen molar-refractivity contribution in [1.82, 2.24) is 10.0 Å². The van der Waals surface area contributed by atoms with Gasteiger partial charge in [0.1, 0.15) is 5.75 Å². The summed E-state index contributed by atoms with van der Waals surface area (Å²) in [6, 6.07) is 9.87. The molecule has 0 radical (unpaired) electrons. The van der Waals surface area contributed by atoms with Crippen LogP contribution in [0.15, 0.2) is 47.4 Å². The minimum atomic E-state index is -3.93. The van der Waals surface area contributed by atoms with E-state index in [0.29, 0.717) is 11.3 Å². The second-order valence-electron chi connectivity index (χ2n) is 5.61. The molecule has 0 unspecified atom stereocenters. The van der Waals surface area contributed by atoms with Gasteiger partial charge in [0.2, 0.25) is 10.0 Å². The van der Waals surface area contributed by atoms with Crippen molar-refractivity contribution < 1.29 is 22.9 Å². The molecule has 27 heavy (non-hydrogen) atoms. The van der Waals surface area contributed by atoms with Crippen LogP contribution in [0.3, 0.4) is 0 Å². The summed E-state index contributed by atoms with van der Waals surface area (Å²) in [6.45, 7) is 1.79. The highest BCUT2D eigenvalue weighted by atomic mass is 32.2. The molecule has 2 aromatic carbocycles. The summed E-state index contributed by atoms with van der Waals surface area (Å²) in [5, 5.41) is 13.4. The Labute approximate surface area is 156 Å². The van der Waals surface area contributed by atoms with Crippen molar-refractivity contribution in [2.45, 2.75) is 11.8 Å². The quantitative estimate of drug-likeness (QED) is 0.398. The van der Waals surface area contributed by atoms with E-state index in [1.165, 1.54) is 25.3 Å². The zero-order valence-corrected chi connectivity index (χ0v) is 15.6. The van der Waals surface area contributed by atoms with Crippen LogP contribution in [0.5, 0.6) is 5.75 Å². The van der Waals surface area contributed by atoms with E-state index in [1.54, 1.807) is 12.1 Å². The summed E-state index contributed by atoms with van der Waals surface area (Å²) in [5.74, 6) is 0.0142. The van der Waals surface area contributed by atoms with Gasteiger partial charge < -0.3 is 10.1 Å². The molecule has 10 heteroatoms. The third-order valence-corrected chi connectivity index (χ3v) is 5.10. The van der Waals surface area contributed by atoms with Crippen LogP contribution in [0.25, 0.3) is 0 Å². The molecule has 0 spiro atoms. The predicted molar refractivity (Wildman–Crippen MR) is 98.3 cm³/mol. The number of carbonyl (C=O) groups is 1. The highest BCUT2D eigenvalue weighted by Crippen LogP contribution is 2.19. The van der Waals surface area contributed by atoms with Gasteiger partial charge >= 0.3 is 0 Å². The van der Waals surface area contributed by atoms with Crippen LogP contribution in [0.2, 0.25) is 0 Å². The van der Waals surface area contributed by atoms with Crippen molar-refractivity contribution >= 4 is 21.6 Å². The highest BCUT2D eigenvalue weighted by molar-refractivity contribution is 7.89. The number of benzene rings is 2. The molecular formula is C17H19N3O6S. The molecule has 0 atom stereocenters. The Morgan fingerprint density at radius 3 is 2.59 bits per heavy atom. The number of non-ortho nitro benzene ring substituents is 1. The van der Waals surface area contributed by atoms with Crippen molar-refractivity contribution in [3.05, 3.63) is 63.7 Å². The van der Waals surface area contributed by atoms with E-state index >= 15 is 0 Å². The van der Waals surface area contributed by atoms with E-state index in [9.17, 15) is 23.3 Å². The Morgan fingerprint density at radius 1 is 1.19 bits per heavy atom. The lowest BCUT2D eigenvalue weighted by Gasteiger charge is -2.11. The Balaban J connectivity index is 1.96. The molecule has 0 saturated heterocycles. The van der Waals surface area contributed by atoms with E-state index in [2.05, 4.69) is 10.0 Å². The minimum absolute atomic E-state index is 0.0318. The molecule has 0 aliphatic rings. The number of hydrogen-bond acceptors (Lipinski definition) is 6. The number of methoxy groups -OCH3 is 1. The summed E-state index contributed by atoms with van der Waals surface area (Å²) in [6.07, 6.45) is 0. The van der Waals surface area contributed by atoms with Crippen LogP contribution in [-0.4, -0.2) is 39.4 Å². The van der Waals surface area contributed by atoms with Gasteiger partial charge in [0.15, 0.2) is 0 Å². The second-order valence-corrected chi connectivity index (χ2v) is 7.38. The molecule has 0 fully saturated rings. The maximum absolute atomic E-state index is 12.2. The van der Waals surface area contributed by atoms with E-state index in [4.69, 9.17) is 4.74 Å². The van der Waals surface area contributed by atoms with Gasteiger partial charge in [-0.15, -0.1) is 0 Å². The lowest BCUT2D eigenvalue weighted by atomic mass is 10.1. The van der Waals surface area contributed by atoms with Crippen molar-refractivity contribution in [3.63, 3.8) is 0 Å². The van der Waals surface area contributed by atoms with Gasteiger partial charge in [0, 0.05) is 25.2 Å². The molecule has 2 N–H and O–H groups in total. The van der Waals surface area contributed by atoms with E-state index in [0.717, 1.165) is 11.6 Å². The topological polar surface area (TPSA) is 128 Å². The standard InChI is InChI=1S/C17H19N3O6S/c1-12-6-7-16(26-2)15(10-12)17(21)18-8-9-19-27(24,25)14-5-3-4-13(11-14)20(22)23/h3-7,10-11,19H,8-9H2,1-2H3,(H,18,21). The van der Waals surface area contributed by atoms with Crippen LogP contribution >= 0.6 is 0 Å². The first kappa shape index (κ1) is 20.3. The number of nitrogens with zero attached hydrogens (tertiary/aromatic N) is 1. The Kier molecular flexibility index (Phi) is 6.48. The lowest BCUT2D eigenvalue weighted by Crippen LogP contribution is -2.34. The fourth-order valence-corrected chi connectivity index (χ4v) is 3.37. The van der Waals surface area contributed by atoms with Crippen molar-refractivity contribution in [2.75, 3.05) is 20.2 Å². The average molecular weight is 393 g/mol. The molecule has 9 nitrogen and oxygen atoms in total. The van der Waals surface area contributed by atoms with Gasteiger partial charge in [-0.3, -0.25) is 14.9 Å². The number of nitrogens with one attached hydrogen (secondary N) is 2. The van der Waals surface area contributed by atoms with Crippen LogP contribution in [0, 0.1) is 17.0 Å². The van der Waals surface area contributed by atoms with Gasteiger partial charge in [0.25, 0.3) is 11.6 Å². The maximum Gasteiger partial charge on any atom is 0.270 e. The molecule has 0 aliphatic carbocycles. The normalized spacial score (nSPS) is 11.0. The highest BCUT2D eigenvalue weighted by Gasteiger charge is 2.17. The third kappa shape index (κ3) is 5.25. The molecule has 0 bridgehead atoms. The molecule has 0 heterocycles. The van der Waals surface area contributed by atoms with Crippen LogP contribution < -0.4 is 14.8 Å². The summed E-state index contributed by atoms with van der Waals surface area (Å²) in [7, 11) is -2.48. The van der Waals surface area contributed by atoms with Gasteiger partial charge in [-0.25, -0.2) is 13.1 Å². The summed E-state index contributed by atoms with van der Waals surface area (Å²) in [5.41, 5.74) is 0.907. The number of amides is 1. The number of nitro groups is 1. The summed E-state index contributed by atoms with van der Waals surface area (Å²) in [4.78, 5) is 22.1. The van der Waals surface area contributed by atoms with Crippen LogP contribution in [0.4, 0.5) is 5.69 Å². The second kappa shape index (κ2) is 8.60. The number of nitro benzene ring substituents is 1. The number of sulfonamides is 1. The fraction of sp³-hybridized carbons (Fsp3) is 0.235. The van der Waals surface area contributed by atoms with E-state index < -0.39 is 20.9 Å². The Bertz CT molecular complexity index is 959. The first-order valence-corrected chi connectivity index (χ1v) is 9.40. The average Bonchev–Trinajstić information content (AvgIpc) is 2.65. The minimum Gasteiger partial charge on any atom is -0.496 e. The Morgan fingerprint density at radius 2 is 1.93 bits per heavy atom. The van der Waals surface area contributed by atoms with Gasteiger partial charge in [-0.1, -0.05) is 17.7 Å². The van der Waals surface area contributed by atoms with Gasteiger partial charge in [-0.2, -0.15) is 0 Å². The number of ether oxygens (including phenoxy) is 1. The van der Waals surface area contributed by atoms with Gasteiger partial charge in [0.05, 0.1) is 22.5 Å². The van der Waals surface area contributed by atoms with Crippen LogP contribution in [0.1, 0.15) is 15.9 Å². The first-order valence-electron chi connectivity index (χ1n) is 7.91. The molecule has 0 saturated carbocycles. The zero-order chi connectivity index (χ0) is 20.0. The molecular weight excluding hydrogens is 374 g/mol. The monoisotopic (exact) mass is 393 g/mol. The van der Waals surface area contributed by atoms with E-state index in [-0.39, 0.29) is 23.7 Å². The largest absolute Gasteiger partial charge is 0.496 e.